The summed E-state index contributed by atoms with van der Waals surface area (Å²) in [7, 11) is 1.72. The van der Waals surface area contributed by atoms with Gasteiger partial charge >= 0.3 is 5.97 Å². The standard InChI is InChI=1S/C16H21N3O5/c1-3-15(20)18-8-4-5-12(18)10-17(2)13-7-6-11(16(21)22)9-14(13)19(23)24/h6-7,9,12H,3-5,8,10H2,1-2H3,(H,21,22)/t12-/m0/s1. The molecule has 1 N–H and O–H groups in total. The van der Waals surface area contributed by atoms with Gasteiger partial charge in [0.1, 0.15) is 5.69 Å². The molecule has 0 radical (unpaired) electrons. The highest BCUT2D eigenvalue weighted by Crippen LogP contribution is 2.30. The van der Waals surface area contributed by atoms with Crippen molar-refractivity contribution in [2.24, 2.45) is 0 Å². The smallest absolute Gasteiger partial charge is 0.335 e. The van der Waals surface area contributed by atoms with Crippen molar-refractivity contribution in [1.29, 1.82) is 0 Å². The van der Waals surface area contributed by atoms with Crippen molar-refractivity contribution in [2.45, 2.75) is 32.2 Å². The number of benzene rings is 1. The maximum atomic E-state index is 12.0. The van der Waals surface area contributed by atoms with Crippen LogP contribution < -0.4 is 4.90 Å². The second-order valence-electron chi connectivity index (χ2n) is 5.88. The molecule has 0 aliphatic carbocycles. The Hall–Kier alpha value is -2.64. The van der Waals surface area contributed by atoms with Crippen LogP contribution in [0.5, 0.6) is 0 Å². The van der Waals surface area contributed by atoms with E-state index in [0.717, 1.165) is 18.9 Å². The van der Waals surface area contributed by atoms with E-state index in [9.17, 15) is 19.7 Å². The SMILES string of the molecule is CCC(=O)N1CCC[C@H]1CN(C)c1ccc(C(=O)O)cc1[N+](=O)[O-]. The number of rotatable bonds is 6. The first-order valence-electron chi connectivity index (χ1n) is 7.87. The lowest BCUT2D eigenvalue weighted by Gasteiger charge is -2.29. The number of nitro benzene ring substituents is 1. The molecule has 1 fully saturated rings. The summed E-state index contributed by atoms with van der Waals surface area (Å²) in [6.07, 6.45) is 2.22. The van der Waals surface area contributed by atoms with Crippen LogP contribution in [-0.2, 0) is 4.79 Å². The molecule has 2 rings (SSSR count). The number of nitro groups is 1. The van der Waals surface area contributed by atoms with E-state index in [-0.39, 0.29) is 23.2 Å². The van der Waals surface area contributed by atoms with Gasteiger partial charge in [0.15, 0.2) is 0 Å². The summed E-state index contributed by atoms with van der Waals surface area (Å²) < 4.78 is 0. The van der Waals surface area contributed by atoms with Crippen molar-refractivity contribution in [2.75, 3.05) is 25.0 Å². The number of carbonyl (C=O) groups excluding carboxylic acids is 1. The van der Waals surface area contributed by atoms with Gasteiger partial charge in [0.2, 0.25) is 5.91 Å². The summed E-state index contributed by atoms with van der Waals surface area (Å²) in [6, 6.07) is 3.88. The second kappa shape index (κ2) is 7.29. The van der Waals surface area contributed by atoms with Gasteiger partial charge in [-0.2, -0.15) is 0 Å². The average molecular weight is 335 g/mol. The molecule has 8 heteroatoms. The van der Waals surface area contributed by atoms with Gasteiger partial charge in [-0.1, -0.05) is 6.92 Å². The van der Waals surface area contributed by atoms with Crippen LogP contribution >= 0.6 is 0 Å². The quantitative estimate of drug-likeness (QED) is 0.631. The van der Waals surface area contributed by atoms with Gasteiger partial charge in [0, 0.05) is 38.7 Å². The fourth-order valence-corrected chi connectivity index (χ4v) is 3.10. The number of carboxylic acids is 1. The maximum absolute atomic E-state index is 12.0. The zero-order valence-corrected chi connectivity index (χ0v) is 13.8. The first-order valence-corrected chi connectivity index (χ1v) is 7.87. The molecule has 1 aromatic rings. The molecule has 0 unspecified atom stereocenters. The molecule has 24 heavy (non-hydrogen) atoms. The Kier molecular flexibility index (Phi) is 5.38. The molecule has 1 atom stereocenters. The average Bonchev–Trinajstić information content (AvgIpc) is 3.01. The van der Waals surface area contributed by atoms with Crippen LogP contribution in [-0.4, -0.2) is 53.0 Å². The number of anilines is 1. The lowest BCUT2D eigenvalue weighted by molar-refractivity contribution is -0.384. The molecule has 0 spiro atoms. The van der Waals surface area contributed by atoms with Gasteiger partial charge in [-0.05, 0) is 25.0 Å². The van der Waals surface area contributed by atoms with Gasteiger partial charge in [-0.15, -0.1) is 0 Å². The van der Waals surface area contributed by atoms with Crippen LogP contribution in [0.4, 0.5) is 11.4 Å². The lowest BCUT2D eigenvalue weighted by atomic mass is 10.1. The molecule has 8 nitrogen and oxygen atoms in total. The Bertz CT molecular complexity index is 661. The molecule has 1 saturated heterocycles. The number of aromatic carboxylic acids is 1. The summed E-state index contributed by atoms with van der Waals surface area (Å²) in [5.74, 6) is -1.12. The normalized spacial score (nSPS) is 16.9. The van der Waals surface area contributed by atoms with Crippen LogP contribution in [0, 0.1) is 10.1 Å². The van der Waals surface area contributed by atoms with Crippen molar-refractivity contribution in [3.63, 3.8) is 0 Å². The number of amides is 1. The Morgan fingerprint density at radius 3 is 2.75 bits per heavy atom. The minimum atomic E-state index is -1.21. The van der Waals surface area contributed by atoms with E-state index < -0.39 is 10.9 Å². The second-order valence-corrected chi connectivity index (χ2v) is 5.88. The molecule has 0 saturated carbocycles. The minimum Gasteiger partial charge on any atom is -0.478 e. The van der Waals surface area contributed by atoms with E-state index in [0.29, 0.717) is 25.2 Å². The number of likely N-dealkylation sites (tertiary alicyclic amines) is 1. The number of hydrogen-bond donors (Lipinski definition) is 1. The van der Waals surface area contributed by atoms with Crippen LogP contribution in [0.2, 0.25) is 0 Å². The molecular weight excluding hydrogens is 314 g/mol. The van der Waals surface area contributed by atoms with Crippen LogP contribution in [0.25, 0.3) is 0 Å². The van der Waals surface area contributed by atoms with Gasteiger partial charge in [0.05, 0.1) is 10.5 Å². The highest BCUT2D eigenvalue weighted by atomic mass is 16.6. The first-order chi connectivity index (χ1) is 11.3. The van der Waals surface area contributed by atoms with Crippen LogP contribution in [0.3, 0.4) is 0 Å². The van der Waals surface area contributed by atoms with Crippen molar-refractivity contribution in [3.05, 3.63) is 33.9 Å². The number of nitrogens with zero attached hydrogens (tertiary/aromatic N) is 3. The van der Waals surface area contributed by atoms with Gasteiger partial charge in [0.25, 0.3) is 5.69 Å². The zero-order valence-electron chi connectivity index (χ0n) is 13.8. The number of carboxylic acid groups (broad SMARTS) is 1. The van der Waals surface area contributed by atoms with E-state index in [1.165, 1.54) is 12.1 Å². The Morgan fingerprint density at radius 2 is 2.17 bits per heavy atom. The third kappa shape index (κ3) is 3.64. The monoisotopic (exact) mass is 335 g/mol. The van der Waals surface area contributed by atoms with Crippen LogP contribution in [0.15, 0.2) is 18.2 Å². The number of likely N-dealkylation sites (N-methyl/N-ethyl adjacent to an activating group) is 1. The first kappa shape index (κ1) is 17.7. The van der Waals surface area contributed by atoms with Gasteiger partial charge in [-0.25, -0.2) is 4.79 Å². The Labute approximate surface area is 139 Å². The van der Waals surface area contributed by atoms with Crippen molar-refractivity contribution in [3.8, 4) is 0 Å². The van der Waals surface area contributed by atoms with E-state index in [4.69, 9.17) is 5.11 Å². The Balaban J connectivity index is 2.23. The predicted molar refractivity (Wildman–Crippen MR) is 88.4 cm³/mol. The number of hydrogen-bond acceptors (Lipinski definition) is 5. The van der Waals surface area contributed by atoms with Crippen LogP contribution in [0.1, 0.15) is 36.5 Å². The molecule has 1 amide bonds. The fraction of sp³-hybridized carbons (Fsp3) is 0.500. The Morgan fingerprint density at radius 1 is 1.46 bits per heavy atom. The third-order valence-electron chi connectivity index (χ3n) is 4.31. The minimum absolute atomic E-state index is 0.0150. The molecular formula is C16H21N3O5. The molecule has 1 aliphatic rings. The topological polar surface area (TPSA) is 104 Å². The summed E-state index contributed by atoms with van der Waals surface area (Å²) in [6.45, 7) is 3.00. The molecule has 0 bridgehead atoms. The van der Waals surface area contributed by atoms with Crippen molar-refractivity contribution >= 4 is 23.3 Å². The molecule has 1 aliphatic heterocycles. The summed E-state index contributed by atoms with van der Waals surface area (Å²) in [5, 5.41) is 20.3. The third-order valence-corrected chi connectivity index (χ3v) is 4.31. The fourth-order valence-electron chi connectivity index (χ4n) is 3.10. The van der Waals surface area contributed by atoms with Gasteiger partial charge in [-0.3, -0.25) is 14.9 Å². The highest BCUT2D eigenvalue weighted by molar-refractivity contribution is 5.89. The van der Waals surface area contributed by atoms with E-state index >= 15 is 0 Å². The highest BCUT2D eigenvalue weighted by Gasteiger charge is 2.30. The lowest BCUT2D eigenvalue weighted by Crippen LogP contribution is -2.42. The van der Waals surface area contributed by atoms with Crippen molar-refractivity contribution in [1.82, 2.24) is 4.90 Å². The largest absolute Gasteiger partial charge is 0.478 e. The van der Waals surface area contributed by atoms with E-state index in [1.807, 2.05) is 11.8 Å². The van der Waals surface area contributed by atoms with E-state index in [2.05, 4.69) is 0 Å². The van der Waals surface area contributed by atoms with E-state index in [1.54, 1.807) is 11.9 Å². The van der Waals surface area contributed by atoms with Crippen molar-refractivity contribution < 1.29 is 19.6 Å². The zero-order chi connectivity index (χ0) is 17.9. The van der Waals surface area contributed by atoms with Gasteiger partial charge < -0.3 is 14.9 Å². The predicted octanol–water partition coefficient (Wildman–Crippen LogP) is 2.13. The summed E-state index contributed by atoms with van der Waals surface area (Å²) in [4.78, 5) is 37.2. The molecule has 130 valence electrons. The molecule has 1 aromatic carbocycles. The molecule has 1 heterocycles. The molecule has 0 aromatic heterocycles. The maximum Gasteiger partial charge on any atom is 0.335 e. The number of carbonyl (C=O) groups is 2. The summed E-state index contributed by atoms with van der Waals surface area (Å²) in [5.41, 5.74) is -0.0212. The summed E-state index contributed by atoms with van der Waals surface area (Å²) >= 11 is 0.